The van der Waals surface area contributed by atoms with Gasteiger partial charge in [0.25, 0.3) is 0 Å². The van der Waals surface area contributed by atoms with Gasteiger partial charge >= 0.3 is 0 Å². The first kappa shape index (κ1) is 14.2. The van der Waals surface area contributed by atoms with E-state index in [9.17, 15) is 13.5 Å². The Balaban J connectivity index is 2.70. The van der Waals surface area contributed by atoms with Crippen molar-refractivity contribution in [2.75, 3.05) is 6.54 Å². The van der Waals surface area contributed by atoms with E-state index in [1.54, 1.807) is 18.2 Å². The summed E-state index contributed by atoms with van der Waals surface area (Å²) in [5.41, 5.74) is -0.348. The quantitative estimate of drug-likeness (QED) is 0.856. The molecule has 0 bridgehead atoms. The summed E-state index contributed by atoms with van der Waals surface area (Å²) in [5.74, 6) is 0. The molecule has 0 heterocycles. The Morgan fingerprint density at radius 2 is 1.76 bits per heavy atom. The summed E-state index contributed by atoms with van der Waals surface area (Å²) in [5, 5.41) is 9.77. The van der Waals surface area contributed by atoms with E-state index < -0.39 is 16.1 Å². The van der Waals surface area contributed by atoms with Crippen molar-refractivity contribution < 1.29 is 13.5 Å². The van der Waals surface area contributed by atoms with Gasteiger partial charge in [-0.25, -0.2) is 13.1 Å². The topological polar surface area (TPSA) is 66.4 Å². The first-order chi connectivity index (χ1) is 7.73. The van der Waals surface area contributed by atoms with Crippen LogP contribution in [-0.4, -0.2) is 26.2 Å². The van der Waals surface area contributed by atoms with Crippen LogP contribution in [0.5, 0.6) is 0 Å². The Morgan fingerprint density at radius 1 is 1.24 bits per heavy atom. The lowest BCUT2D eigenvalue weighted by Gasteiger charge is -2.25. The minimum atomic E-state index is -3.53. The highest BCUT2D eigenvalue weighted by molar-refractivity contribution is 7.89. The van der Waals surface area contributed by atoms with Crippen molar-refractivity contribution in [2.24, 2.45) is 5.41 Å². The van der Waals surface area contributed by atoms with Crippen LogP contribution in [0.4, 0.5) is 0 Å². The monoisotopic (exact) mass is 257 g/mol. The molecule has 1 aromatic carbocycles. The summed E-state index contributed by atoms with van der Waals surface area (Å²) in [7, 11) is -3.53. The van der Waals surface area contributed by atoms with E-state index >= 15 is 0 Å². The molecule has 0 aliphatic rings. The third kappa shape index (κ3) is 4.11. The molecule has 0 aromatic heterocycles. The van der Waals surface area contributed by atoms with Crippen molar-refractivity contribution in [1.82, 2.24) is 4.72 Å². The summed E-state index contributed by atoms with van der Waals surface area (Å²) in [6.07, 6.45) is -0.721. The van der Waals surface area contributed by atoms with Crippen LogP contribution in [0.25, 0.3) is 0 Å². The Hall–Kier alpha value is -0.910. The number of aliphatic hydroxyl groups excluding tert-OH is 1. The molecule has 1 aromatic rings. The van der Waals surface area contributed by atoms with Gasteiger partial charge in [-0.3, -0.25) is 0 Å². The molecule has 0 radical (unpaired) electrons. The van der Waals surface area contributed by atoms with Gasteiger partial charge in [0.1, 0.15) is 0 Å². The molecule has 0 saturated carbocycles. The lowest BCUT2D eigenvalue weighted by atomic mass is 9.89. The van der Waals surface area contributed by atoms with Crippen LogP contribution in [0.15, 0.2) is 35.2 Å². The van der Waals surface area contributed by atoms with Gasteiger partial charge < -0.3 is 5.11 Å². The van der Waals surface area contributed by atoms with Gasteiger partial charge in [0.2, 0.25) is 10.0 Å². The summed E-state index contributed by atoms with van der Waals surface area (Å²) in [6, 6.07) is 8.12. The molecule has 0 saturated heterocycles. The van der Waals surface area contributed by atoms with Crippen molar-refractivity contribution in [1.29, 1.82) is 0 Å². The first-order valence-electron chi connectivity index (χ1n) is 5.46. The van der Waals surface area contributed by atoms with Crippen LogP contribution in [0.2, 0.25) is 0 Å². The Bertz CT molecular complexity index is 448. The van der Waals surface area contributed by atoms with Gasteiger partial charge in [-0.1, -0.05) is 39.0 Å². The van der Waals surface area contributed by atoms with E-state index in [2.05, 4.69) is 4.72 Å². The van der Waals surface area contributed by atoms with E-state index in [4.69, 9.17) is 0 Å². The maximum atomic E-state index is 11.8. The van der Waals surface area contributed by atoms with E-state index in [1.807, 2.05) is 20.8 Å². The van der Waals surface area contributed by atoms with Gasteiger partial charge in [-0.05, 0) is 17.5 Å². The number of rotatable bonds is 4. The number of nitrogens with one attached hydrogen (secondary N) is 1. The number of benzene rings is 1. The normalized spacial score (nSPS) is 14.6. The maximum absolute atomic E-state index is 11.8. The van der Waals surface area contributed by atoms with Crippen molar-refractivity contribution in [2.45, 2.75) is 31.8 Å². The minimum absolute atomic E-state index is 0.0146. The standard InChI is InChI=1S/C12H19NO3S/c1-12(2,3)11(14)9-13-17(15,16)10-7-5-4-6-8-10/h4-8,11,13-14H,9H2,1-3H3. The third-order valence-corrected chi connectivity index (χ3v) is 3.96. The van der Waals surface area contributed by atoms with Crippen molar-refractivity contribution in [3.8, 4) is 0 Å². The SMILES string of the molecule is CC(C)(C)C(O)CNS(=O)(=O)c1ccccc1. The average molecular weight is 257 g/mol. The fourth-order valence-corrected chi connectivity index (χ4v) is 2.24. The minimum Gasteiger partial charge on any atom is -0.391 e. The van der Waals surface area contributed by atoms with Crippen LogP contribution in [-0.2, 0) is 10.0 Å². The van der Waals surface area contributed by atoms with Gasteiger partial charge in [0.05, 0.1) is 11.0 Å². The molecule has 5 heteroatoms. The van der Waals surface area contributed by atoms with Crippen LogP contribution in [0.3, 0.4) is 0 Å². The predicted octanol–water partition coefficient (Wildman–Crippen LogP) is 1.37. The number of hydrogen-bond acceptors (Lipinski definition) is 3. The maximum Gasteiger partial charge on any atom is 0.240 e. The van der Waals surface area contributed by atoms with E-state index in [0.717, 1.165) is 0 Å². The zero-order chi connectivity index (χ0) is 13.1. The smallest absolute Gasteiger partial charge is 0.240 e. The Morgan fingerprint density at radius 3 is 2.24 bits per heavy atom. The van der Waals surface area contributed by atoms with Crippen LogP contribution < -0.4 is 4.72 Å². The zero-order valence-electron chi connectivity index (χ0n) is 10.3. The summed E-state index contributed by atoms with van der Waals surface area (Å²) in [6.45, 7) is 5.58. The summed E-state index contributed by atoms with van der Waals surface area (Å²) < 4.78 is 26.1. The molecular weight excluding hydrogens is 238 g/mol. The van der Waals surface area contributed by atoms with Gasteiger partial charge in [-0.2, -0.15) is 0 Å². The first-order valence-corrected chi connectivity index (χ1v) is 6.94. The molecule has 0 amide bonds. The highest BCUT2D eigenvalue weighted by Gasteiger charge is 2.24. The van der Waals surface area contributed by atoms with Crippen molar-refractivity contribution >= 4 is 10.0 Å². The molecule has 4 nitrogen and oxygen atoms in total. The average Bonchev–Trinajstić information content (AvgIpc) is 2.26. The molecule has 0 aliphatic heterocycles. The van der Waals surface area contributed by atoms with Crippen LogP contribution in [0, 0.1) is 5.41 Å². The molecule has 17 heavy (non-hydrogen) atoms. The molecule has 0 fully saturated rings. The Kier molecular flexibility index (Phi) is 4.30. The van der Waals surface area contributed by atoms with Crippen molar-refractivity contribution in [3.05, 3.63) is 30.3 Å². The Labute approximate surface area is 103 Å². The van der Waals surface area contributed by atoms with E-state index in [0.29, 0.717) is 0 Å². The van der Waals surface area contributed by atoms with Gasteiger partial charge in [0.15, 0.2) is 0 Å². The molecule has 0 spiro atoms. The van der Waals surface area contributed by atoms with Gasteiger partial charge in [0, 0.05) is 6.54 Å². The second-order valence-electron chi connectivity index (χ2n) is 5.05. The fraction of sp³-hybridized carbons (Fsp3) is 0.500. The largest absolute Gasteiger partial charge is 0.391 e. The molecule has 96 valence electrons. The number of hydrogen-bond donors (Lipinski definition) is 2. The second-order valence-corrected chi connectivity index (χ2v) is 6.81. The second kappa shape index (κ2) is 5.16. The summed E-state index contributed by atoms with van der Waals surface area (Å²) >= 11 is 0. The molecule has 2 N–H and O–H groups in total. The number of sulfonamides is 1. The van der Waals surface area contributed by atoms with Crippen molar-refractivity contribution in [3.63, 3.8) is 0 Å². The molecule has 1 unspecified atom stereocenters. The molecular formula is C12H19NO3S. The fourth-order valence-electron chi connectivity index (χ4n) is 1.18. The van der Waals surface area contributed by atoms with E-state index in [1.165, 1.54) is 12.1 Å². The highest BCUT2D eigenvalue weighted by Crippen LogP contribution is 2.18. The zero-order valence-corrected chi connectivity index (χ0v) is 11.2. The van der Waals surface area contributed by atoms with Gasteiger partial charge in [-0.15, -0.1) is 0 Å². The number of aliphatic hydroxyl groups is 1. The molecule has 1 rings (SSSR count). The molecule has 1 atom stereocenters. The summed E-state index contributed by atoms with van der Waals surface area (Å²) in [4.78, 5) is 0.209. The van der Waals surface area contributed by atoms with Crippen LogP contribution >= 0.6 is 0 Å². The third-order valence-electron chi connectivity index (χ3n) is 2.52. The molecule has 0 aliphatic carbocycles. The highest BCUT2D eigenvalue weighted by atomic mass is 32.2. The lowest BCUT2D eigenvalue weighted by Crippen LogP contribution is -2.39. The lowest BCUT2D eigenvalue weighted by molar-refractivity contribution is 0.0677. The van der Waals surface area contributed by atoms with E-state index in [-0.39, 0.29) is 16.9 Å². The predicted molar refractivity (Wildman–Crippen MR) is 67.1 cm³/mol. The van der Waals surface area contributed by atoms with Crippen LogP contribution in [0.1, 0.15) is 20.8 Å².